The Morgan fingerprint density at radius 1 is 0.895 bits per heavy atom. The molecule has 0 radical (unpaired) electrons. The van der Waals surface area contributed by atoms with Crippen molar-refractivity contribution in [2.75, 3.05) is 0 Å². The summed E-state index contributed by atoms with van der Waals surface area (Å²) in [6.07, 6.45) is 2.14. The topological polar surface area (TPSA) is 83.0 Å². The van der Waals surface area contributed by atoms with E-state index in [0.29, 0.717) is 34.0 Å². The zero-order valence-electron chi connectivity index (χ0n) is 20.9. The number of para-hydroxylation sites is 2. The lowest BCUT2D eigenvalue weighted by molar-refractivity contribution is 0.0697. The minimum Gasteiger partial charge on any atom is -0.478 e. The van der Waals surface area contributed by atoms with E-state index in [1.54, 1.807) is 24.3 Å². The van der Waals surface area contributed by atoms with Crippen molar-refractivity contribution in [3.63, 3.8) is 0 Å². The average Bonchev–Trinajstić information content (AvgIpc) is 3.37. The van der Waals surface area contributed by atoms with Crippen molar-refractivity contribution in [2.45, 2.75) is 32.1 Å². The van der Waals surface area contributed by atoms with Crippen LogP contribution in [0.1, 0.15) is 58.4 Å². The maximum atomic E-state index is 13.3. The molecule has 5 rings (SSSR count). The molecule has 5 nitrogen and oxygen atoms in total. The molecular formula is C32H27ClN2O3. The Kier molecular flexibility index (Phi) is 7.38. The molecule has 0 spiro atoms. The number of aromatic nitrogens is 2. The highest BCUT2D eigenvalue weighted by atomic mass is 35.5. The lowest BCUT2D eigenvalue weighted by Gasteiger charge is -2.17. The number of aromatic carboxylic acids is 1. The number of carboxylic acid groups (broad SMARTS) is 1. The van der Waals surface area contributed by atoms with Gasteiger partial charge in [-0.1, -0.05) is 79.5 Å². The molecule has 0 fully saturated rings. The van der Waals surface area contributed by atoms with E-state index in [-0.39, 0.29) is 17.3 Å². The highest BCUT2D eigenvalue weighted by Gasteiger charge is 2.22. The second kappa shape index (κ2) is 11.0. The summed E-state index contributed by atoms with van der Waals surface area (Å²) < 4.78 is 0. The van der Waals surface area contributed by atoms with Crippen molar-refractivity contribution in [1.82, 2.24) is 9.97 Å². The van der Waals surface area contributed by atoms with Crippen LogP contribution in [0.5, 0.6) is 0 Å². The summed E-state index contributed by atoms with van der Waals surface area (Å²) in [5, 5.41) is 10.6. The molecule has 38 heavy (non-hydrogen) atoms. The number of benzene rings is 4. The van der Waals surface area contributed by atoms with Crippen molar-refractivity contribution >= 4 is 34.4 Å². The number of H-pyrrole nitrogens is 1. The summed E-state index contributed by atoms with van der Waals surface area (Å²) in [5.74, 6) is -0.503. The molecule has 5 aromatic rings. The Bertz CT molecular complexity index is 1590. The quantitative estimate of drug-likeness (QED) is 0.190. The van der Waals surface area contributed by atoms with Crippen LogP contribution in [0.2, 0.25) is 5.02 Å². The maximum Gasteiger partial charge on any atom is 0.336 e. The van der Waals surface area contributed by atoms with Gasteiger partial charge < -0.3 is 10.1 Å². The lowest BCUT2D eigenvalue weighted by Crippen LogP contribution is -2.10. The second-order valence-corrected chi connectivity index (χ2v) is 9.82. The predicted molar refractivity (Wildman–Crippen MR) is 152 cm³/mol. The third-order valence-electron chi connectivity index (χ3n) is 6.83. The Morgan fingerprint density at radius 3 is 2.37 bits per heavy atom. The minimum absolute atomic E-state index is 0.0437. The normalized spacial score (nSPS) is 11.9. The Morgan fingerprint density at radius 2 is 1.63 bits per heavy atom. The highest BCUT2D eigenvalue weighted by Crippen LogP contribution is 2.37. The molecule has 0 aliphatic carbocycles. The molecule has 1 atom stereocenters. The number of carbonyl (C=O) groups excluding carboxylic acids is 1. The molecule has 6 heteroatoms. The molecule has 0 saturated carbocycles. The molecule has 1 aromatic heterocycles. The number of ketones is 1. The van der Waals surface area contributed by atoms with Gasteiger partial charge in [0.2, 0.25) is 0 Å². The summed E-state index contributed by atoms with van der Waals surface area (Å²) in [5.41, 5.74) is 5.05. The SMILES string of the molecule is CCC[C@@H](CC(=O)c1ccc(-c2cc(Cl)ccc2-c2nc3ccccc3[nH]2)c(C(=O)O)c1)c1ccccc1. The number of rotatable bonds is 9. The third kappa shape index (κ3) is 5.24. The summed E-state index contributed by atoms with van der Waals surface area (Å²) in [7, 11) is 0. The number of hydrogen-bond donors (Lipinski definition) is 2. The first-order valence-electron chi connectivity index (χ1n) is 12.6. The first-order valence-corrected chi connectivity index (χ1v) is 13.0. The van der Waals surface area contributed by atoms with Gasteiger partial charge in [-0.25, -0.2) is 9.78 Å². The van der Waals surface area contributed by atoms with Crippen LogP contribution in [0.4, 0.5) is 0 Å². The van der Waals surface area contributed by atoms with Crippen LogP contribution in [-0.2, 0) is 0 Å². The van der Waals surface area contributed by atoms with Crippen LogP contribution in [0.25, 0.3) is 33.5 Å². The van der Waals surface area contributed by atoms with E-state index in [1.165, 1.54) is 6.07 Å². The number of Topliss-reactive ketones (excluding diaryl/α,β-unsaturated/α-hetero) is 1. The van der Waals surface area contributed by atoms with Crippen molar-refractivity contribution in [2.24, 2.45) is 0 Å². The molecule has 0 unspecified atom stereocenters. The van der Waals surface area contributed by atoms with Crippen LogP contribution < -0.4 is 0 Å². The van der Waals surface area contributed by atoms with Crippen LogP contribution in [0.15, 0.2) is 91.0 Å². The maximum absolute atomic E-state index is 13.3. The number of carboxylic acids is 1. The van der Waals surface area contributed by atoms with Gasteiger partial charge in [-0.05, 0) is 65.4 Å². The van der Waals surface area contributed by atoms with E-state index < -0.39 is 5.97 Å². The van der Waals surface area contributed by atoms with Gasteiger partial charge in [-0.15, -0.1) is 0 Å². The molecule has 0 saturated heterocycles. The molecule has 2 N–H and O–H groups in total. The molecule has 190 valence electrons. The lowest BCUT2D eigenvalue weighted by atomic mass is 9.87. The van der Waals surface area contributed by atoms with Gasteiger partial charge in [0.15, 0.2) is 5.78 Å². The molecule has 0 aliphatic heterocycles. The Hall–Kier alpha value is -4.22. The van der Waals surface area contributed by atoms with Crippen LogP contribution in [-0.4, -0.2) is 26.8 Å². The first-order chi connectivity index (χ1) is 18.4. The fourth-order valence-electron chi connectivity index (χ4n) is 4.96. The van der Waals surface area contributed by atoms with Gasteiger partial charge in [0, 0.05) is 22.6 Å². The number of fused-ring (bicyclic) bond motifs is 1. The van der Waals surface area contributed by atoms with Gasteiger partial charge in [0.05, 0.1) is 16.6 Å². The molecule has 1 heterocycles. The van der Waals surface area contributed by atoms with Gasteiger partial charge >= 0.3 is 5.97 Å². The highest BCUT2D eigenvalue weighted by molar-refractivity contribution is 6.31. The molecule has 0 aliphatic rings. The zero-order chi connectivity index (χ0) is 26.6. The minimum atomic E-state index is -1.11. The molecule has 0 amide bonds. The van der Waals surface area contributed by atoms with Gasteiger partial charge in [-0.2, -0.15) is 0 Å². The summed E-state index contributed by atoms with van der Waals surface area (Å²) in [6.45, 7) is 2.10. The number of halogens is 1. The summed E-state index contributed by atoms with van der Waals surface area (Å²) >= 11 is 6.36. The Balaban J connectivity index is 1.54. The monoisotopic (exact) mass is 522 g/mol. The van der Waals surface area contributed by atoms with Gasteiger partial charge in [0.25, 0.3) is 0 Å². The number of imidazole rings is 1. The first kappa shape index (κ1) is 25.4. The summed E-state index contributed by atoms with van der Waals surface area (Å²) in [6, 6.07) is 27.9. The van der Waals surface area contributed by atoms with E-state index in [2.05, 4.69) is 11.9 Å². The van der Waals surface area contributed by atoms with Gasteiger partial charge in [-0.3, -0.25) is 4.79 Å². The van der Waals surface area contributed by atoms with Crippen LogP contribution >= 0.6 is 11.6 Å². The molecule has 0 bridgehead atoms. The molecule has 4 aromatic carbocycles. The standard InChI is InChI=1S/C32H27ClN2O3/c1-2-8-21(20-9-4-3-5-10-20)18-30(36)22-13-15-24(27(17-22)32(37)38)26-19-23(33)14-16-25(26)31-34-28-11-6-7-12-29(28)35-31/h3-7,9-17,19,21H,2,8,18H2,1H3,(H,34,35)(H,37,38)/t21-/m0/s1. The van der Waals surface area contributed by atoms with Crippen molar-refractivity contribution in [1.29, 1.82) is 0 Å². The third-order valence-corrected chi connectivity index (χ3v) is 7.06. The number of aromatic amines is 1. The Labute approximate surface area is 226 Å². The van der Waals surface area contributed by atoms with Crippen LogP contribution in [0.3, 0.4) is 0 Å². The number of nitrogens with zero attached hydrogens (tertiary/aromatic N) is 1. The second-order valence-electron chi connectivity index (χ2n) is 9.38. The van der Waals surface area contributed by atoms with Crippen LogP contribution in [0, 0.1) is 0 Å². The van der Waals surface area contributed by atoms with Gasteiger partial charge in [0.1, 0.15) is 5.82 Å². The molecular weight excluding hydrogens is 496 g/mol. The fraction of sp³-hybridized carbons (Fsp3) is 0.156. The van der Waals surface area contributed by atoms with E-state index in [1.807, 2.05) is 60.7 Å². The van der Waals surface area contributed by atoms with Crippen molar-refractivity contribution < 1.29 is 14.7 Å². The number of nitrogens with one attached hydrogen (secondary N) is 1. The predicted octanol–water partition coefficient (Wildman–Crippen LogP) is 8.41. The average molecular weight is 523 g/mol. The fourth-order valence-corrected chi connectivity index (χ4v) is 5.13. The van der Waals surface area contributed by atoms with E-state index in [9.17, 15) is 14.7 Å². The van der Waals surface area contributed by atoms with E-state index in [0.717, 1.165) is 35.0 Å². The largest absolute Gasteiger partial charge is 0.478 e. The van der Waals surface area contributed by atoms with E-state index >= 15 is 0 Å². The van der Waals surface area contributed by atoms with Crippen molar-refractivity contribution in [3.05, 3.63) is 113 Å². The smallest absolute Gasteiger partial charge is 0.336 e. The summed E-state index contributed by atoms with van der Waals surface area (Å²) in [4.78, 5) is 33.8. The van der Waals surface area contributed by atoms with E-state index in [4.69, 9.17) is 16.6 Å². The van der Waals surface area contributed by atoms with Crippen molar-refractivity contribution in [3.8, 4) is 22.5 Å². The zero-order valence-corrected chi connectivity index (χ0v) is 21.7. The number of hydrogen-bond acceptors (Lipinski definition) is 3. The number of carbonyl (C=O) groups is 2.